The van der Waals surface area contributed by atoms with Crippen molar-refractivity contribution in [3.8, 4) is 0 Å². The highest BCUT2D eigenvalue weighted by atomic mass is 15.2. The Morgan fingerprint density at radius 2 is 2.00 bits per heavy atom. The first-order chi connectivity index (χ1) is 10.3. The summed E-state index contributed by atoms with van der Waals surface area (Å²) in [5.41, 5.74) is 1.47. The minimum atomic E-state index is 0.716. The zero-order chi connectivity index (χ0) is 14.7. The Morgan fingerprint density at radius 1 is 1.24 bits per heavy atom. The highest BCUT2D eigenvalue weighted by Gasteiger charge is 2.38. The lowest BCUT2D eigenvalue weighted by Crippen LogP contribution is -2.59. The second-order valence-electron chi connectivity index (χ2n) is 7.04. The van der Waals surface area contributed by atoms with E-state index in [2.05, 4.69) is 54.4 Å². The molecule has 2 heteroatoms. The maximum absolute atomic E-state index is 3.83. The molecule has 1 saturated carbocycles. The fraction of sp³-hybridized carbons (Fsp3) is 0.684. The molecule has 2 fully saturated rings. The normalized spacial score (nSPS) is 28.5. The Labute approximate surface area is 129 Å². The molecule has 3 atom stereocenters. The monoisotopic (exact) mass is 286 g/mol. The fourth-order valence-electron chi connectivity index (χ4n) is 3.68. The Bertz CT molecular complexity index is 426. The molecule has 3 rings (SSSR count). The third kappa shape index (κ3) is 3.87. The molecule has 1 aromatic rings. The predicted molar refractivity (Wildman–Crippen MR) is 89.5 cm³/mol. The standard InChI is InChI=1S/C19H30N2/c1-3-15(2)19-13-20-18(17-9-10-17)14-21(19)12-11-16-7-5-4-6-8-16/h4-8,15,17-20H,3,9-14H2,1-2H3. The van der Waals surface area contributed by atoms with Gasteiger partial charge in [-0.2, -0.15) is 0 Å². The van der Waals surface area contributed by atoms with Crippen LogP contribution < -0.4 is 5.32 Å². The van der Waals surface area contributed by atoms with Gasteiger partial charge >= 0.3 is 0 Å². The van der Waals surface area contributed by atoms with Crippen molar-refractivity contribution in [3.63, 3.8) is 0 Å². The maximum atomic E-state index is 3.83. The highest BCUT2D eigenvalue weighted by Crippen LogP contribution is 2.35. The van der Waals surface area contributed by atoms with Crippen molar-refractivity contribution in [1.29, 1.82) is 0 Å². The van der Waals surface area contributed by atoms with Gasteiger partial charge in [0, 0.05) is 31.7 Å². The summed E-state index contributed by atoms with van der Waals surface area (Å²) in [5, 5.41) is 3.83. The lowest BCUT2D eigenvalue weighted by Gasteiger charge is -2.43. The molecule has 0 amide bonds. The Kier molecular flexibility index (Phi) is 4.97. The van der Waals surface area contributed by atoms with E-state index in [-0.39, 0.29) is 0 Å². The molecule has 2 aliphatic rings. The molecule has 1 saturated heterocycles. The van der Waals surface area contributed by atoms with Crippen LogP contribution >= 0.6 is 0 Å². The Balaban J connectivity index is 1.61. The second-order valence-corrected chi connectivity index (χ2v) is 7.04. The van der Waals surface area contributed by atoms with Gasteiger partial charge in [-0.25, -0.2) is 0 Å². The summed E-state index contributed by atoms with van der Waals surface area (Å²) in [5.74, 6) is 1.75. The summed E-state index contributed by atoms with van der Waals surface area (Å²) in [4.78, 5) is 2.78. The summed E-state index contributed by atoms with van der Waals surface area (Å²) in [6.45, 7) is 8.40. The van der Waals surface area contributed by atoms with E-state index in [0.29, 0.717) is 6.04 Å². The first-order valence-corrected chi connectivity index (χ1v) is 8.79. The molecule has 2 nitrogen and oxygen atoms in total. The molecule has 1 N–H and O–H groups in total. The van der Waals surface area contributed by atoms with Gasteiger partial charge in [-0.3, -0.25) is 4.90 Å². The number of hydrogen-bond donors (Lipinski definition) is 1. The van der Waals surface area contributed by atoms with Crippen molar-refractivity contribution in [2.24, 2.45) is 11.8 Å². The lowest BCUT2D eigenvalue weighted by atomic mass is 9.93. The average Bonchev–Trinajstić information content (AvgIpc) is 3.38. The van der Waals surface area contributed by atoms with Crippen LogP contribution in [-0.2, 0) is 6.42 Å². The largest absolute Gasteiger partial charge is 0.311 e. The molecule has 0 bridgehead atoms. The Morgan fingerprint density at radius 3 is 2.67 bits per heavy atom. The van der Waals surface area contributed by atoms with Crippen LogP contribution in [0.25, 0.3) is 0 Å². The fourth-order valence-corrected chi connectivity index (χ4v) is 3.68. The molecule has 21 heavy (non-hydrogen) atoms. The zero-order valence-corrected chi connectivity index (χ0v) is 13.6. The first kappa shape index (κ1) is 15.1. The van der Waals surface area contributed by atoms with Crippen LogP contribution in [0, 0.1) is 11.8 Å². The van der Waals surface area contributed by atoms with Crippen molar-refractivity contribution in [2.45, 2.75) is 51.6 Å². The van der Waals surface area contributed by atoms with E-state index < -0.39 is 0 Å². The number of nitrogens with zero attached hydrogens (tertiary/aromatic N) is 1. The van der Waals surface area contributed by atoms with Gasteiger partial charge in [0.05, 0.1) is 0 Å². The van der Waals surface area contributed by atoms with Crippen molar-refractivity contribution < 1.29 is 0 Å². The quantitative estimate of drug-likeness (QED) is 0.863. The van der Waals surface area contributed by atoms with E-state index in [1.807, 2.05) is 0 Å². The number of hydrogen-bond acceptors (Lipinski definition) is 2. The van der Waals surface area contributed by atoms with Gasteiger partial charge < -0.3 is 5.32 Å². The molecule has 1 aliphatic carbocycles. The van der Waals surface area contributed by atoms with E-state index in [1.54, 1.807) is 0 Å². The summed E-state index contributed by atoms with van der Waals surface area (Å²) < 4.78 is 0. The van der Waals surface area contributed by atoms with Crippen molar-refractivity contribution in [2.75, 3.05) is 19.6 Å². The van der Waals surface area contributed by atoms with Gasteiger partial charge in [-0.15, -0.1) is 0 Å². The van der Waals surface area contributed by atoms with Gasteiger partial charge in [0.2, 0.25) is 0 Å². The minimum Gasteiger partial charge on any atom is -0.311 e. The third-order valence-electron chi connectivity index (χ3n) is 5.51. The van der Waals surface area contributed by atoms with E-state index in [1.165, 1.54) is 50.9 Å². The SMILES string of the molecule is CCC(C)C1CNC(C2CC2)CN1CCc1ccccc1. The molecular formula is C19H30N2. The lowest BCUT2D eigenvalue weighted by molar-refractivity contribution is 0.0868. The summed E-state index contributed by atoms with van der Waals surface area (Å²) in [7, 11) is 0. The number of piperazine rings is 1. The predicted octanol–water partition coefficient (Wildman–Crippen LogP) is 3.33. The van der Waals surface area contributed by atoms with Crippen molar-refractivity contribution in [1.82, 2.24) is 10.2 Å². The first-order valence-electron chi connectivity index (χ1n) is 8.79. The van der Waals surface area contributed by atoms with Crippen LogP contribution in [0.2, 0.25) is 0 Å². The van der Waals surface area contributed by atoms with Crippen LogP contribution in [-0.4, -0.2) is 36.6 Å². The third-order valence-corrected chi connectivity index (χ3v) is 5.51. The molecular weight excluding hydrogens is 256 g/mol. The molecule has 0 spiro atoms. The molecule has 0 radical (unpaired) electrons. The van der Waals surface area contributed by atoms with Crippen LogP contribution in [0.15, 0.2) is 30.3 Å². The van der Waals surface area contributed by atoms with E-state index in [4.69, 9.17) is 0 Å². The Hall–Kier alpha value is -0.860. The van der Waals surface area contributed by atoms with E-state index >= 15 is 0 Å². The van der Waals surface area contributed by atoms with Gasteiger partial charge in [0.15, 0.2) is 0 Å². The van der Waals surface area contributed by atoms with Crippen LogP contribution in [0.4, 0.5) is 0 Å². The van der Waals surface area contributed by atoms with Crippen LogP contribution in [0.5, 0.6) is 0 Å². The van der Waals surface area contributed by atoms with Gasteiger partial charge in [0.1, 0.15) is 0 Å². The number of nitrogens with one attached hydrogen (secondary N) is 1. The zero-order valence-electron chi connectivity index (χ0n) is 13.6. The van der Waals surface area contributed by atoms with Crippen molar-refractivity contribution >= 4 is 0 Å². The highest BCUT2D eigenvalue weighted by molar-refractivity contribution is 5.15. The summed E-state index contributed by atoms with van der Waals surface area (Å²) in [6.07, 6.45) is 5.35. The topological polar surface area (TPSA) is 15.3 Å². The second kappa shape index (κ2) is 6.93. The summed E-state index contributed by atoms with van der Waals surface area (Å²) >= 11 is 0. The van der Waals surface area contributed by atoms with Crippen molar-refractivity contribution in [3.05, 3.63) is 35.9 Å². The molecule has 3 unspecified atom stereocenters. The molecule has 116 valence electrons. The number of benzene rings is 1. The molecule has 1 heterocycles. The smallest absolute Gasteiger partial charge is 0.0247 e. The van der Waals surface area contributed by atoms with E-state index in [9.17, 15) is 0 Å². The van der Waals surface area contributed by atoms with Gasteiger partial charge in [-0.1, -0.05) is 50.6 Å². The van der Waals surface area contributed by atoms with Crippen LogP contribution in [0.1, 0.15) is 38.7 Å². The molecule has 0 aromatic heterocycles. The molecule has 1 aliphatic heterocycles. The van der Waals surface area contributed by atoms with Gasteiger partial charge in [-0.05, 0) is 36.7 Å². The maximum Gasteiger partial charge on any atom is 0.0247 e. The van der Waals surface area contributed by atoms with E-state index in [0.717, 1.165) is 17.9 Å². The van der Waals surface area contributed by atoms with Crippen LogP contribution in [0.3, 0.4) is 0 Å². The molecule has 1 aromatic carbocycles. The summed E-state index contributed by atoms with van der Waals surface area (Å²) in [6, 6.07) is 12.4. The average molecular weight is 286 g/mol. The minimum absolute atomic E-state index is 0.716. The number of rotatable bonds is 6. The van der Waals surface area contributed by atoms with Gasteiger partial charge in [0.25, 0.3) is 0 Å².